The Morgan fingerprint density at radius 1 is 1.03 bits per heavy atom. The molecule has 2 aromatic rings. The maximum Gasteiger partial charge on any atom is 0.142 e. The summed E-state index contributed by atoms with van der Waals surface area (Å²) >= 11 is 0. The first-order valence-corrected chi connectivity index (χ1v) is 10.7. The van der Waals surface area contributed by atoms with Crippen LogP contribution in [0.25, 0.3) is 0 Å². The number of nitrogens with zero attached hydrogens (tertiary/aromatic N) is 2. The molecule has 0 saturated carbocycles. The van der Waals surface area contributed by atoms with Crippen LogP contribution in [0.3, 0.4) is 0 Å². The molecule has 0 radical (unpaired) electrons. The van der Waals surface area contributed by atoms with Crippen LogP contribution in [0, 0.1) is 0 Å². The van der Waals surface area contributed by atoms with E-state index >= 15 is 0 Å². The normalized spacial score (nSPS) is 20.9. The van der Waals surface area contributed by atoms with Gasteiger partial charge in [0.15, 0.2) is 0 Å². The summed E-state index contributed by atoms with van der Waals surface area (Å²) in [6, 6.07) is 16.7. The van der Waals surface area contributed by atoms with Crippen LogP contribution >= 0.6 is 0 Å². The third-order valence-corrected chi connectivity index (χ3v) is 6.07. The molecule has 1 fully saturated rings. The van der Waals surface area contributed by atoms with E-state index in [-0.39, 0.29) is 6.10 Å². The largest absolute Gasteiger partial charge is 0.495 e. The van der Waals surface area contributed by atoms with Crippen LogP contribution in [0.1, 0.15) is 30.1 Å². The van der Waals surface area contributed by atoms with E-state index in [1.165, 1.54) is 11.1 Å². The molecular formula is C24H32N2O3. The van der Waals surface area contributed by atoms with Gasteiger partial charge in [-0.1, -0.05) is 36.4 Å². The fourth-order valence-electron chi connectivity index (χ4n) is 4.52. The Hall–Kier alpha value is -2.08. The van der Waals surface area contributed by atoms with Crippen LogP contribution in [0.15, 0.2) is 48.5 Å². The Balaban J connectivity index is 1.24. The molecule has 0 spiro atoms. The summed E-state index contributed by atoms with van der Waals surface area (Å²) in [5.41, 5.74) is 3.84. The van der Waals surface area contributed by atoms with Crippen LogP contribution in [0.2, 0.25) is 0 Å². The summed E-state index contributed by atoms with van der Waals surface area (Å²) in [5, 5.41) is 10.5. The fraction of sp³-hybridized carbons (Fsp3) is 0.500. The number of β-amino-alcohol motifs (C(OH)–C–C–N with tert-alkyl or cyclic N) is 1. The fourth-order valence-corrected chi connectivity index (χ4v) is 4.52. The second kappa shape index (κ2) is 9.61. The summed E-state index contributed by atoms with van der Waals surface area (Å²) in [6.45, 7) is 4.79. The lowest BCUT2D eigenvalue weighted by molar-refractivity contribution is -0.0285. The van der Waals surface area contributed by atoms with Gasteiger partial charge in [-0.3, -0.25) is 4.90 Å². The molecule has 1 saturated heterocycles. The van der Waals surface area contributed by atoms with Gasteiger partial charge < -0.3 is 19.5 Å². The van der Waals surface area contributed by atoms with Gasteiger partial charge in [0.05, 0.1) is 31.6 Å². The van der Waals surface area contributed by atoms with Gasteiger partial charge in [0.25, 0.3) is 0 Å². The number of hydrogen-bond acceptors (Lipinski definition) is 5. The molecule has 2 aromatic carbocycles. The lowest BCUT2D eigenvalue weighted by Gasteiger charge is -2.37. The minimum atomic E-state index is -0.457. The zero-order valence-electron chi connectivity index (χ0n) is 17.3. The average Bonchev–Trinajstić information content (AvgIpc) is 2.78. The van der Waals surface area contributed by atoms with E-state index in [1.54, 1.807) is 7.11 Å². The van der Waals surface area contributed by atoms with E-state index < -0.39 is 6.10 Å². The predicted octanol–water partition coefficient (Wildman–Crippen LogP) is 3.27. The molecule has 156 valence electrons. The number of hydrogen-bond donors (Lipinski definition) is 1. The van der Waals surface area contributed by atoms with E-state index in [9.17, 15) is 5.11 Å². The van der Waals surface area contributed by atoms with Crippen LogP contribution in [-0.2, 0) is 11.2 Å². The van der Waals surface area contributed by atoms with Crippen molar-refractivity contribution in [2.24, 2.45) is 0 Å². The number of para-hydroxylation sites is 2. The number of methoxy groups -OCH3 is 1. The molecular weight excluding hydrogens is 364 g/mol. The number of rotatable bonds is 7. The van der Waals surface area contributed by atoms with Crippen molar-refractivity contribution in [3.05, 3.63) is 59.7 Å². The SMILES string of the molecule is COc1ccccc1N1CCN(CC(O)COC2CCCc3ccccc32)CC1. The molecule has 1 aliphatic carbocycles. The molecule has 29 heavy (non-hydrogen) atoms. The Morgan fingerprint density at radius 2 is 1.79 bits per heavy atom. The molecule has 0 bridgehead atoms. The second-order valence-corrected chi connectivity index (χ2v) is 8.03. The number of aliphatic hydroxyl groups excluding tert-OH is 1. The van der Waals surface area contributed by atoms with Gasteiger partial charge in [0.1, 0.15) is 5.75 Å². The summed E-state index contributed by atoms with van der Waals surface area (Å²) < 4.78 is 11.6. The van der Waals surface area contributed by atoms with Gasteiger partial charge in [-0.25, -0.2) is 0 Å². The third kappa shape index (κ3) is 4.92. The number of piperazine rings is 1. The highest BCUT2D eigenvalue weighted by molar-refractivity contribution is 5.58. The van der Waals surface area contributed by atoms with Crippen LogP contribution in [-0.4, -0.2) is 62.6 Å². The topological polar surface area (TPSA) is 45.2 Å². The smallest absolute Gasteiger partial charge is 0.142 e. The standard InChI is InChI=1S/C24H32N2O3/c1-28-24-11-5-4-10-22(24)26-15-13-25(14-16-26)17-20(27)18-29-23-12-6-8-19-7-2-3-9-21(19)23/h2-5,7,9-11,20,23,27H,6,8,12-18H2,1H3. The lowest BCUT2D eigenvalue weighted by Crippen LogP contribution is -2.49. The van der Waals surface area contributed by atoms with Crippen LogP contribution in [0.4, 0.5) is 5.69 Å². The quantitative estimate of drug-likeness (QED) is 0.778. The van der Waals surface area contributed by atoms with Crippen molar-refractivity contribution < 1.29 is 14.6 Å². The van der Waals surface area contributed by atoms with Gasteiger partial charge >= 0.3 is 0 Å². The zero-order chi connectivity index (χ0) is 20.1. The summed E-state index contributed by atoms with van der Waals surface area (Å²) in [6.07, 6.45) is 3.00. The van der Waals surface area contributed by atoms with Crippen molar-refractivity contribution in [2.45, 2.75) is 31.5 Å². The number of aliphatic hydroxyl groups is 1. The molecule has 1 heterocycles. The molecule has 5 heteroatoms. The van der Waals surface area contributed by atoms with Gasteiger partial charge in [-0.15, -0.1) is 0 Å². The van der Waals surface area contributed by atoms with Crippen molar-refractivity contribution in [1.82, 2.24) is 4.90 Å². The van der Waals surface area contributed by atoms with Crippen LogP contribution < -0.4 is 9.64 Å². The number of aryl methyl sites for hydroxylation is 1. The molecule has 1 N–H and O–H groups in total. The molecule has 4 rings (SSSR count). The molecule has 2 aliphatic rings. The van der Waals surface area contributed by atoms with Gasteiger partial charge in [-0.05, 0) is 42.5 Å². The number of ether oxygens (including phenoxy) is 2. The highest BCUT2D eigenvalue weighted by Gasteiger charge is 2.24. The first kappa shape index (κ1) is 20.2. The van der Waals surface area contributed by atoms with E-state index in [0.29, 0.717) is 13.2 Å². The monoisotopic (exact) mass is 396 g/mol. The van der Waals surface area contributed by atoms with Crippen molar-refractivity contribution in [3.63, 3.8) is 0 Å². The van der Waals surface area contributed by atoms with E-state index in [2.05, 4.69) is 46.2 Å². The Bertz CT molecular complexity index is 789. The van der Waals surface area contributed by atoms with E-state index in [1.807, 2.05) is 12.1 Å². The van der Waals surface area contributed by atoms with Crippen molar-refractivity contribution in [3.8, 4) is 5.75 Å². The maximum atomic E-state index is 10.5. The molecule has 1 aliphatic heterocycles. The predicted molar refractivity (Wildman–Crippen MR) is 116 cm³/mol. The number of fused-ring (bicyclic) bond motifs is 1. The maximum absolute atomic E-state index is 10.5. The van der Waals surface area contributed by atoms with Crippen molar-refractivity contribution in [2.75, 3.05) is 51.3 Å². The lowest BCUT2D eigenvalue weighted by atomic mass is 9.89. The zero-order valence-corrected chi connectivity index (χ0v) is 17.3. The molecule has 5 nitrogen and oxygen atoms in total. The van der Waals surface area contributed by atoms with Crippen molar-refractivity contribution >= 4 is 5.69 Å². The Labute approximate surface area is 173 Å². The second-order valence-electron chi connectivity index (χ2n) is 8.03. The van der Waals surface area contributed by atoms with Gasteiger partial charge in [0, 0.05) is 32.7 Å². The summed E-state index contributed by atoms with van der Waals surface area (Å²) in [4.78, 5) is 4.69. The molecule has 0 aromatic heterocycles. The van der Waals surface area contributed by atoms with E-state index in [4.69, 9.17) is 9.47 Å². The first-order chi connectivity index (χ1) is 14.2. The highest BCUT2D eigenvalue weighted by atomic mass is 16.5. The number of benzene rings is 2. The highest BCUT2D eigenvalue weighted by Crippen LogP contribution is 2.32. The Morgan fingerprint density at radius 3 is 2.62 bits per heavy atom. The summed E-state index contributed by atoms with van der Waals surface area (Å²) in [5.74, 6) is 0.919. The minimum Gasteiger partial charge on any atom is -0.495 e. The van der Waals surface area contributed by atoms with Gasteiger partial charge in [-0.2, -0.15) is 0 Å². The van der Waals surface area contributed by atoms with E-state index in [0.717, 1.165) is 56.9 Å². The molecule has 2 unspecified atom stereocenters. The van der Waals surface area contributed by atoms with Crippen LogP contribution in [0.5, 0.6) is 5.75 Å². The molecule has 2 atom stereocenters. The van der Waals surface area contributed by atoms with Gasteiger partial charge in [0.2, 0.25) is 0 Å². The third-order valence-electron chi connectivity index (χ3n) is 6.07. The summed E-state index contributed by atoms with van der Waals surface area (Å²) in [7, 11) is 1.72. The van der Waals surface area contributed by atoms with Crippen molar-refractivity contribution in [1.29, 1.82) is 0 Å². The first-order valence-electron chi connectivity index (χ1n) is 10.7. The average molecular weight is 397 g/mol. The number of anilines is 1. The minimum absolute atomic E-state index is 0.122. The Kier molecular flexibility index (Phi) is 6.70. The molecule has 0 amide bonds.